The molecule has 3 rings (SSSR count). The van der Waals surface area contributed by atoms with Crippen molar-refractivity contribution in [1.82, 2.24) is 4.31 Å². The second-order valence-electron chi connectivity index (χ2n) is 6.84. The van der Waals surface area contributed by atoms with Crippen molar-refractivity contribution in [2.75, 3.05) is 19.0 Å². The summed E-state index contributed by atoms with van der Waals surface area (Å²) in [5.41, 5.74) is 1.44. The topological polar surface area (TPSA) is 75.7 Å². The van der Waals surface area contributed by atoms with Crippen molar-refractivity contribution < 1.29 is 17.9 Å². The number of carbonyl (C=O) groups is 1. The van der Waals surface area contributed by atoms with Crippen LogP contribution in [0.5, 0.6) is 5.75 Å². The Hall–Kier alpha value is -2.38. The molecule has 0 aromatic heterocycles. The quantitative estimate of drug-likeness (QED) is 0.854. The van der Waals surface area contributed by atoms with Crippen LogP contribution in [0.2, 0.25) is 0 Å². The van der Waals surface area contributed by atoms with E-state index in [2.05, 4.69) is 5.32 Å². The molecule has 0 radical (unpaired) electrons. The molecule has 27 heavy (non-hydrogen) atoms. The van der Waals surface area contributed by atoms with E-state index in [9.17, 15) is 13.2 Å². The average Bonchev–Trinajstić information content (AvgIpc) is 2.67. The maximum Gasteiger partial charge on any atom is 0.246 e. The summed E-state index contributed by atoms with van der Waals surface area (Å²) in [5.74, 6) is 0.156. The van der Waals surface area contributed by atoms with Gasteiger partial charge in [-0.05, 0) is 49.6 Å². The zero-order chi connectivity index (χ0) is 19.5. The number of anilines is 1. The van der Waals surface area contributed by atoms with E-state index in [1.165, 1.54) is 11.2 Å². The number of amides is 1. The van der Waals surface area contributed by atoms with Gasteiger partial charge in [0.05, 0.1) is 7.11 Å². The standard InChI is InChI=1S/C20H24N2O4S/c1-20(19(23)21-17-9-11-18(26-2)12-10-17)13-6-14-22(27(20,24)25)15-16-7-4-3-5-8-16/h3-5,7-12H,6,13-15H2,1-2H3,(H,21,23)/t20-/m0/s1. The van der Waals surface area contributed by atoms with Crippen molar-refractivity contribution in [2.24, 2.45) is 0 Å². The van der Waals surface area contributed by atoms with Crippen molar-refractivity contribution >= 4 is 21.6 Å². The minimum Gasteiger partial charge on any atom is -0.497 e. The lowest BCUT2D eigenvalue weighted by Gasteiger charge is -2.38. The first-order valence-electron chi connectivity index (χ1n) is 8.86. The van der Waals surface area contributed by atoms with Crippen molar-refractivity contribution in [1.29, 1.82) is 0 Å². The maximum absolute atomic E-state index is 13.2. The Bertz CT molecular complexity index is 897. The van der Waals surface area contributed by atoms with Crippen LogP contribution in [0.25, 0.3) is 0 Å². The van der Waals surface area contributed by atoms with E-state index < -0.39 is 20.7 Å². The first-order chi connectivity index (χ1) is 12.9. The van der Waals surface area contributed by atoms with Crippen LogP contribution in [-0.4, -0.2) is 37.0 Å². The van der Waals surface area contributed by atoms with Gasteiger partial charge < -0.3 is 10.1 Å². The molecule has 0 bridgehead atoms. The summed E-state index contributed by atoms with van der Waals surface area (Å²) in [6, 6.07) is 16.2. The molecule has 1 N–H and O–H groups in total. The molecule has 0 saturated carbocycles. The molecule has 1 atom stereocenters. The summed E-state index contributed by atoms with van der Waals surface area (Å²) in [7, 11) is -2.24. The Labute approximate surface area is 160 Å². The van der Waals surface area contributed by atoms with Gasteiger partial charge in [0.25, 0.3) is 0 Å². The van der Waals surface area contributed by atoms with E-state index in [-0.39, 0.29) is 6.54 Å². The number of carbonyl (C=O) groups excluding carboxylic acids is 1. The minimum atomic E-state index is -3.80. The third-order valence-electron chi connectivity index (χ3n) is 5.00. The van der Waals surface area contributed by atoms with Gasteiger partial charge >= 0.3 is 0 Å². The molecule has 1 aliphatic heterocycles. The molecule has 0 aliphatic carbocycles. The van der Waals surface area contributed by atoms with Gasteiger partial charge in [-0.2, -0.15) is 4.31 Å². The first-order valence-corrected chi connectivity index (χ1v) is 10.3. The van der Waals surface area contributed by atoms with Gasteiger partial charge in [0, 0.05) is 18.8 Å². The molecule has 0 unspecified atom stereocenters. The number of hydrogen-bond donors (Lipinski definition) is 1. The summed E-state index contributed by atoms with van der Waals surface area (Å²) in [6.45, 7) is 2.20. The molecule has 1 amide bonds. The third-order valence-corrected chi connectivity index (χ3v) is 7.52. The number of ether oxygens (including phenoxy) is 1. The van der Waals surface area contributed by atoms with Gasteiger partial charge in [0.1, 0.15) is 5.75 Å². The normalized spacial score (nSPS) is 22.1. The number of rotatable bonds is 5. The molecule has 144 valence electrons. The lowest BCUT2D eigenvalue weighted by molar-refractivity contribution is -0.118. The maximum atomic E-state index is 13.2. The highest BCUT2D eigenvalue weighted by molar-refractivity contribution is 7.91. The van der Waals surface area contributed by atoms with Crippen molar-refractivity contribution in [3.05, 3.63) is 60.2 Å². The number of methoxy groups -OCH3 is 1. The van der Waals surface area contributed by atoms with Crippen LogP contribution >= 0.6 is 0 Å². The number of nitrogens with one attached hydrogen (secondary N) is 1. The van der Waals surface area contributed by atoms with Gasteiger partial charge in [-0.25, -0.2) is 8.42 Å². The lowest BCUT2D eigenvalue weighted by atomic mass is 10.0. The Morgan fingerprint density at radius 2 is 1.81 bits per heavy atom. The fraction of sp³-hybridized carbons (Fsp3) is 0.350. The van der Waals surface area contributed by atoms with Crippen LogP contribution in [0.15, 0.2) is 54.6 Å². The number of hydrogen-bond acceptors (Lipinski definition) is 4. The van der Waals surface area contributed by atoms with Gasteiger partial charge in [0.2, 0.25) is 15.9 Å². The van der Waals surface area contributed by atoms with E-state index in [0.717, 1.165) is 5.56 Å². The average molecular weight is 388 g/mol. The monoisotopic (exact) mass is 388 g/mol. The molecule has 6 nitrogen and oxygen atoms in total. The van der Waals surface area contributed by atoms with Crippen LogP contribution in [0.1, 0.15) is 25.3 Å². The molecule has 7 heteroatoms. The number of nitrogens with zero attached hydrogens (tertiary/aromatic N) is 1. The predicted molar refractivity (Wildman–Crippen MR) is 105 cm³/mol. The number of benzene rings is 2. The highest BCUT2D eigenvalue weighted by Crippen LogP contribution is 2.34. The SMILES string of the molecule is COc1ccc(NC(=O)[C@]2(C)CCCN(Cc3ccccc3)S2(=O)=O)cc1. The second kappa shape index (κ2) is 7.70. The van der Waals surface area contributed by atoms with E-state index in [1.807, 2.05) is 30.3 Å². The minimum absolute atomic E-state index is 0.272. The molecule has 1 heterocycles. The third kappa shape index (κ3) is 3.84. The highest BCUT2D eigenvalue weighted by Gasteiger charge is 2.51. The molecule has 1 aliphatic rings. The fourth-order valence-electron chi connectivity index (χ4n) is 3.25. The zero-order valence-electron chi connectivity index (χ0n) is 15.5. The van der Waals surface area contributed by atoms with E-state index in [0.29, 0.717) is 30.8 Å². The Morgan fingerprint density at radius 1 is 1.15 bits per heavy atom. The Kier molecular flexibility index (Phi) is 5.53. The molecular formula is C20H24N2O4S. The van der Waals surface area contributed by atoms with Crippen molar-refractivity contribution in [3.8, 4) is 5.75 Å². The van der Waals surface area contributed by atoms with E-state index in [1.54, 1.807) is 31.4 Å². The lowest BCUT2D eigenvalue weighted by Crippen LogP contribution is -2.56. The summed E-state index contributed by atoms with van der Waals surface area (Å²) in [6.07, 6.45) is 0.932. The summed E-state index contributed by atoms with van der Waals surface area (Å²) < 4.78 is 31.4. The van der Waals surface area contributed by atoms with Gasteiger partial charge in [-0.3, -0.25) is 4.79 Å². The smallest absolute Gasteiger partial charge is 0.246 e. The Balaban J connectivity index is 1.80. The molecule has 2 aromatic rings. The number of sulfonamides is 1. The molecular weight excluding hydrogens is 364 g/mol. The van der Waals surface area contributed by atoms with Crippen LogP contribution in [-0.2, 0) is 21.4 Å². The summed E-state index contributed by atoms with van der Waals surface area (Å²) in [4.78, 5) is 12.9. The zero-order valence-corrected chi connectivity index (χ0v) is 16.3. The van der Waals surface area contributed by atoms with E-state index >= 15 is 0 Å². The highest BCUT2D eigenvalue weighted by atomic mass is 32.2. The summed E-state index contributed by atoms with van der Waals surface area (Å²) in [5, 5.41) is 2.74. The van der Waals surface area contributed by atoms with Gasteiger partial charge in [0.15, 0.2) is 4.75 Å². The van der Waals surface area contributed by atoms with Crippen LogP contribution < -0.4 is 10.1 Å². The fourth-order valence-corrected chi connectivity index (χ4v) is 5.19. The van der Waals surface area contributed by atoms with Crippen molar-refractivity contribution in [3.63, 3.8) is 0 Å². The molecule has 0 spiro atoms. The van der Waals surface area contributed by atoms with Crippen LogP contribution in [0.3, 0.4) is 0 Å². The Morgan fingerprint density at radius 3 is 2.44 bits per heavy atom. The summed E-state index contributed by atoms with van der Waals surface area (Å²) >= 11 is 0. The van der Waals surface area contributed by atoms with Gasteiger partial charge in [-0.15, -0.1) is 0 Å². The largest absolute Gasteiger partial charge is 0.497 e. The van der Waals surface area contributed by atoms with Gasteiger partial charge in [-0.1, -0.05) is 30.3 Å². The molecule has 1 fully saturated rings. The predicted octanol–water partition coefficient (Wildman–Crippen LogP) is 3.02. The van der Waals surface area contributed by atoms with Crippen LogP contribution in [0.4, 0.5) is 5.69 Å². The molecule has 1 saturated heterocycles. The molecule has 2 aromatic carbocycles. The first kappa shape index (κ1) is 19.4. The van der Waals surface area contributed by atoms with Crippen LogP contribution in [0, 0.1) is 0 Å². The second-order valence-corrected chi connectivity index (χ2v) is 9.21. The van der Waals surface area contributed by atoms with Crippen molar-refractivity contribution in [2.45, 2.75) is 31.1 Å². The van der Waals surface area contributed by atoms with E-state index in [4.69, 9.17) is 4.74 Å².